The first-order valence-corrected chi connectivity index (χ1v) is 15.3. The molecule has 44 heavy (non-hydrogen) atoms. The van der Waals surface area contributed by atoms with Crippen LogP contribution in [0.15, 0.2) is 67.1 Å². The van der Waals surface area contributed by atoms with Crippen molar-refractivity contribution in [3.63, 3.8) is 0 Å². The van der Waals surface area contributed by atoms with Crippen LogP contribution in [0.5, 0.6) is 0 Å². The molecule has 0 bridgehead atoms. The quantitative estimate of drug-likeness (QED) is 0.210. The lowest BCUT2D eigenvalue weighted by Gasteiger charge is -2.40. The van der Waals surface area contributed by atoms with Gasteiger partial charge < -0.3 is 10.6 Å². The fraction of sp³-hybridized carbons (Fsp3) is 0.364. The van der Waals surface area contributed by atoms with Crippen LogP contribution in [0.25, 0.3) is 10.9 Å². The number of nitriles is 1. The van der Waals surface area contributed by atoms with E-state index in [0.717, 1.165) is 54.0 Å². The highest BCUT2D eigenvalue weighted by atomic mass is 35.5. The minimum atomic E-state index is -0.272. The number of piperidine rings is 1. The van der Waals surface area contributed by atoms with Crippen molar-refractivity contribution in [3.8, 4) is 6.07 Å². The van der Waals surface area contributed by atoms with E-state index in [9.17, 15) is 5.26 Å². The van der Waals surface area contributed by atoms with Crippen molar-refractivity contribution in [1.82, 2.24) is 34.7 Å². The third kappa shape index (κ3) is 6.11. The molecule has 3 aromatic heterocycles. The van der Waals surface area contributed by atoms with E-state index in [0.29, 0.717) is 34.4 Å². The van der Waals surface area contributed by atoms with Crippen LogP contribution >= 0.6 is 11.6 Å². The number of benzene rings is 2. The summed E-state index contributed by atoms with van der Waals surface area (Å²) in [4.78, 5) is 7.05. The van der Waals surface area contributed by atoms with Crippen molar-refractivity contribution in [2.45, 2.75) is 57.8 Å². The summed E-state index contributed by atoms with van der Waals surface area (Å²) in [6, 6.07) is 18.3. The largest absolute Gasteiger partial charge is 0.378 e. The van der Waals surface area contributed by atoms with Gasteiger partial charge in [-0.05, 0) is 57.4 Å². The van der Waals surface area contributed by atoms with Crippen LogP contribution in [-0.2, 0) is 13.6 Å². The number of anilines is 2. The van der Waals surface area contributed by atoms with Crippen LogP contribution in [-0.4, -0.2) is 53.3 Å². The lowest BCUT2D eigenvalue weighted by Crippen LogP contribution is -2.46. The first-order chi connectivity index (χ1) is 21.2. The van der Waals surface area contributed by atoms with Gasteiger partial charge in [0.05, 0.1) is 52.3 Å². The van der Waals surface area contributed by atoms with Gasteiger partial charge in [-0.25, -0.2) is 4.68 Å². The third-order valence-electron chi connectivity index (χ3n) is 8.47. The first kappa shape index (κ1) is 29.6. The van der Waals surface area contributed by atoms with Crippen molar-refractivity contribution in [3.05, 3.63) is 94.7 Å². The molecule has 2 N–H and O–H groups in total. The third-order valence-corrected chi connectivity index (χ3v) is 8.76. The highest BCUT2D eigenvalue weighted by Crippen LogP contribution is 2.36. The summed E-state index contributed by atoms with van der Waals surface area (Å²) >= 11 is 6.82. The number of pyridine rings is 1. The minimum absolute atomic E-state index is 0.166. The summed E-state index contributed by atoms with van der Waals surface area (Å²) in [6.45, 7) is 9.38. The van der Waals surface area contributed by atoms with E-state index in [1.807, 2.05) is 48.1 Å². The lowest BCUT2D eigenvalue weighted by atomic mass is 9.98. The Morgan fingerprint density at radius 1 is 1.11 bits per heavy atom. The number of nitrogens with zero attached hydrogens (tertiary/aromatic N) is 8. The van der Waals surface area contributed by atoms with Crippen LogP contribution < -0.4 is 10.6 Å². The molecule has 4 heterocycles. The molecule has 1 fully saturated rings. The lowest BCUT2D eigenvalue weighted by molar-refractivity contribution is 0.0866. The number of aryl methyl sites for hydroxylation is 1. The Morgan fingerprint density at radius 2 is 1.89 bits per heavy atom. The fourth-order valence-corrected chi connectivity index (χ4v) is 6.18. The monoisotopic (exact) mass is 608 g/mol. The smallest absolute Gasteiger partial charge is 0.109 e. The number of hydrogen-bond acceptors (Lipinski definition) is 8. The molecule has 1 saturated heterocycles. The molecule has 6 rings (SSSR count). The number of likely N-dealkylation sites (tertiary alicyclic amines) is 1. The van der Waals surface area contributed by atoms with Crippen molar-refractivity contribution in [2.24, 2.45) is 7.05 Å². The fourth-order valence-electron chi connectivity index (χ4n) is 5.91. The molecule has 11 heteroatoms. The Kier molecular flexibility index (Phi) is 8.25. The Hall–Kier alpha value is -4.46. The van der Waals surface area contributed by atoms with E-state index >= 15 is 0 Å². The molecule has 5 aromatic rings. The van der Waals surface area contributed by atoms with Gasteiger partial charge in [-0.2, -0.15) is 10.4 Å². The molecule has 0 saturated carbocycles. The first-order valence-electron chi connectivity index (χ1n) is 14.9. The van der Waals surface area contributed by atoms with Crippen LogP contribution in [0.2, 0.25) is 5.02 Å². The van der Waals surface area contributed by atoms with Gasteiger partial charge in [0.2, 0.25) is 0 Å². The van der Waals surface area contributed by atoms with Gasteiger partial charge in [-0.15, -0.1) is 5.10 Å². The minimum Gasteiger partial charge on any atom is -0.378 e. The zero-order valence-electron chi connectivity index (χ0n) is 25.5. The predicted molar refractivity (Wildman–Crippen MR) is 174 cm³/mol. The maximum Gasteiger partial charge on any atom is 0.109 e. The topological polar surface area (TPSA) is 113 Å². The number of aromatic nitrogens is 6. The molecule has 226 valence electrons. The van der Waals surface area contributed by atoms with E-state index in [4.69, 9.17) is 11.6 Å². The zero-order chi connectivity index (χ0) is 30.8. The Bertz CT molecular complexity index is 1790. The average Bonchev–Trinajstić information content (AvgIpc) is 3.68. The highest BCUT2D eigenvalue weighted by Gasteiger charge is 2.29. The molecular formula is C33H37ClN10. The standard InChI is InChI=1S/C33H37ClN10/c1-33(2,3)43-14-11-25(12-15-43)44-21-29(40-41-44)31(22-8-6-5-7-9-22)39-24-16-27-30(37-20-26-10-13-38-42(26)4)23(18-35)19-36-32(27)28(34)17-24/h5-10,13,16-17,19,21,25,31,39H,11-12,14-15,20H2,1-4H3,(H,36,37). The van der Waals surface area contributed by atoms with E-state index in [2.05, 4.69) is 81.1 Å². The van der Waals surface area contributed by atoms with Crippen molar-refractivity contribution in [1.29, 1.82) is 5.26 Å². The molecule has 0 spiro atoms. The van der Waals surface area contributed by atoms with Crippen molar-refractivity contribution >= 4 is 33.9 Å². The Balaban J connectivity index is 1.32. The summed E-state index contributed by atoms with van der Waals surface area (Å²) in [5.41, 5.74) is 5.54. The maximum atomic E-state index is 9.92. The second-order valence-electron chi connectivity index (χ2n) is 12.3. The van der Waals surface area contributed by atoms with E-state index in [1.165, 1.54) is 0 Å². The van der Waals surface area contributed by atoms with Crippen molar-refractivity contribution < 1.29 is 0 Å². The summed E-state index contributed by atoms with van der Waals surface area (Å²) in [7, 11) is 1.89. The molecule has 10 nitrogen and oxygen atoms in total. The van der Waals surface area contributed by atoms with Crippen LogP contribution in [0.1, 0.15) is 68.2 Å². The van der Waals surface area contributed by atoms with Gasteiger partial charge in [0.1, 0.15) is 11.8 Å². The maximum absolute atomic E-state index is 9.92. The second kappa shape index (κ2) is 12.3. The molecule has 0 amide bonds. The Labute approximate surface area is 262 Å². The van der Waals surface area contributed by atoms with Gasteiger partial charge >= 0.3 is 0 Å². The van der Waals surface area contributed by atoms with Crippen molar-refractivity contribution in [2.75, 3.05) is 23.7 Å². The van der Waals surface area contributed by atoms with E-state index in [-0.39, 0.29) is 11.6 Å². The number of fused-ring (bicyclic) bond motifs is 1. The van der Waals surface area contributed by atoms with Gasteiger partial charge in [0, 0.05) is 49.1 Å². The Morgan fingerprint density at radius 3 is 2.57 bits per heavy atom. The van der Waals surface area contributed by atoms with Crippen LogP contribution in [0, 0.1) is 11.3 Å². The number of hydrogen-bond donors (Lipinski definition) is 2. The predicted octanol–water partition coefficient (Wildman–Crippen LogP) is 6.33. The molecule has 0 radical (unpaired) electrons. The van der Waals surface area contributed by atoms with Gasteiger partial charge in [-0.3, -0.25) is 14.6 Å². The highest BCUT2D eigenvalue weighted by molar-refractivity contribution is 6.35. The SMILES string of the molecule is Cn1nccc1CNc1c(C#N)cnc2c(Cl)cc(NC(c3ccccc3)c3cn(C4CCN(C(C)(C)C)CC4)nn3)cc12. The van der Waals surface area contributed by atoms with E-state index < -0.39 is 0 Å². The van der Waals surface area contributed by atoms with E-state index in [1.54, 1.807) is 17.1 Å². The number of halogens is 1. The molecular weight excluding hydrogens is 572 g/mol. The molecule has 1 unspecified atom stereocenters. The zero-order valence-corrected chi connectivity index (χ0v) is 26.3. The average molecular weight is 609 g/mol. The van der Waals surface area contributed by atoms with Gasteiger partial charge in [-0.1, -0.05) is 47.1 Å². The van der Waals surface area contributed by atoms with Crippen LogP contribution in [0.3, 0.4) is 0 Å². The van der Waals surface area contributed by atoms with Gasteiger partial charge in [0.25, 0.3) is 0 Å². The molecule has 0 aliphatic carbocycles. The van der Waals surface area contributed by atoms with Crippen LogP contribution in [0.4, 0.5) is 11.4 Å². The summed E-state index contributed by atoms with van der Waals surface area (Å²) in [5.74, 6) is 0. The molecule has 1 aliphatic heterocycles. The summed E-state index contributed by atoms with van der Waals surface area (Å²) in [6.07, 6.45) is 7.45. The number of nitrogens with one attached hydrogen (secondary N) is 2. The molecule has 2 aromatic carbocycles. The molecule has 1 atom stereocenters. The molecule has 1 aliphatic rings. The normalized spacial score (nSPS) is 15.3. The number of rotatable bonds is 8. The second-order valence-corrected chi connectivity index (χ2v) is 12.7. The summed E-state index contributed by atoms with van der Waals surface area (Å²) < 4.78 is 3.83. The summed E-state index contributed by atoms with van der Waals surface area (Å²) in [5, 5.41) is 31.8. The van der Waals surface area contributed by atoms with Gasteiger partial charge in [0.15, 0.2) is 0 Å².